The molecule has 41 heavy (non-hydrogen) atoms. The fraction of sp³-hybridized carbons (Fsp3) is 0.273. The highest BCUT2D eigenvalue weighted by Gasteiger charge is 2.35. The van der Waals surface area contributed by atoms with Crippen molar-refractivity contribution in [2.45, 2.75) is 39.2 Å². The van der Waals surface area contributed by atoms with Crippen LogP contribution in [-0.2, 0) is 6.54 Å². The molecule has 1 aliphatic carbocycles. The van der Waals surface area contributed by atoms with Crippen LogP contribution in [0.3, 0.4) is 0 Å². The van der Waals surface area contributed by atoms with Crippen LogP contribution in [0.15, 0.2) is 67.1 Å². The van der Waals surface area contributed by atoms with Gasteiger partial charge in [0.15, 0.2) is 0 Å². The molecule has 0 bridgehead atoms. The van der Waals surface area contributed by atoms with E-state index < -0.39 is 0 Å². The van der Waals surface area contributed by atoms with Crippen molar-refractivity contribution in [3.63, 3.8) is 0 Å². The van der Waals surface area contributed by atoms with Crippen molar-refractivity contribution in [1.29, 1.82) is 5.26 Å². The van der Waals surface area contributed by atoms with E-state index in [1.165, 1.54) is 11.1 Å². The Bertz CT molecular complexity index is 1670. The molecule has 0 radical (unpaired) electrons. The third-order valence-corrected chi connectivity index (χ3v) is 8.47. The summed E-state index contributed by atoms with van der Waals surface area (Å²) < 4.78 is 2.16. The SMILES string of the molecule is Cc1cnc2c(c1)C=C(Cn1ccnc1C)c1cc(Cl)ccc1C2C1CCN(C(=O)Nc2ccc(C#N)cc2)CC1. The van der Waals surface area contributed by atoms with Crippen LogP contribution in [0.4, 0.5) is 10.5 Å². The molecular weight excluding hydrogens is 532 g/mol. The van der Waals surface area contributed by atoms with Crippen molar-refractivity contribution in [2.24, 2.45) is 5.92 Å². The van der Waals surface area contributed by atoms with Gasteiger partial charge in [-0.25, -0.2) is 9.78 Å². The van der Waals surface area contributed by atoms with Gasteiger partial charge in [0.05, 0.1) is 17.3 Å². The van der Waals surface area contributed by atoms with Crippen LogP contribution in [0.5, 0.6) is 0 Å². The van der Waals surface area contributed by atoms with Gasteiger partial charge in [-0.2, -0.15) is 5.26 Å². The minimum atomic E-state index is -0.116. The average molecular weight is 563 g/mol. The van der Waals surface area contributed by atoms with Crippen molar-refractivity contribution in [2.75, 3.05) is 18.4 Å². The zero-order valence-corrected chi connectivity index (χ0v) is 23.9. The molecule has 1 N–H and O–H groups in total. The van der Waals surface area contributed by atoms with E-state index in [2.05, 4.69) is 52.1 Å². The third kappa shape index (κ3) is 5.48. The van der Waals surface area contributed by atoms with Crippen LogP contribution in [0, 0.1) is 31.1 Å². The number of aromatic nitrogens is 3. The van der Waals surface area contributed by atoms with E-state index in [-0.39, 0.29) is 11.9 Å². The molecule has 2 amide bonds. The molecule has 6 rings (SSSR count). The minimum Gasteiger partial charge on any atom is -0.331 e. The molecular formula is C33H31ClN6O. The molecule has 1 saturated heterocycles. The number of nitrogens with one attached hydrogen (secondary N) is 1. The molecule has 0 spiro atoms. The number of aryl methyl sites for hydroxylation is 2. The third-order valence-electron chi connectivity index (χ3n) is 8.23. The number of pyridine rings is 1. The number of benzene rings is 2. The van der Waals surface area contributed by atoms with Gasteiger partial charge in [0, 0.05) is 54.9 Å². The minimum absolute atomic E-state index is 0.0826. The highest BCUT2D eigenvalue weighted by molar-refractivity contribution is 6.30. The summed E-state index contributed by atoms with van der Waals surface area (Å²) in [4.78, 5) is 24.4. The van der Waals surface area contributed by atoms with E-state index in [0.717, 1.165) is 41.1 Å². The van der Waals surface area contributed by atoms with Gasteiger partial charge < -0.3 is 14.8 Å². The molecule has 3 heterocycles. The van der Waals surface area contributed by atoms with Gasteiger partial charge in [0.25, 0.3) is 0 Å². The van der Waals surface area contributed by atoms with E-state index in [1.54, 1.807) is 24.3 Å². The van der Waals surface area contributed by atoms with E-state index in [0.29, 0.717) is 41.8 Å². The Balaban J connectivity index is 1.29. The number of piperidine rings is 1. The van der Waals surface area contributed by atoms with Gasteiger partial charge in [0.2, 0.25) is 0 Å². The number of nitrogens with zero attached hydrogens (tertiary/aromatic N) is 5. The van der Waals surface area contributed by atoms with E-state index in [1.807, 2.05) is 36.5 Å². The first-order chi connectivity index (χ1) is 19.9. The Morgan fingerprint density at radius 3 is 2.59 bits per heavy atom. The number of rotatable bonds is 4. The number of imidazole rings is 1. The number of likely N-dealkylation sites (tertiary alicyclic amines) is 1. The largest absolute Gasteiger partial charge is 0.331 e. The van der Waals surface area contributed by atoms with E-state index >= 15 is 0 Å². The molecule has 7 nitrogen and oxygen atoms in total. The highest BCUT2D eigenvalue weighted by atomic mass is 35.5. The normalized spacial score (nSPS) is 16.7. The zero-order valence-electron chi connectivity index (χ0n) is 23.1. The lowest BCUT2D eigenvalue weighted by molar-refractivity contribution is 0.177. The number of amides is 2. The lowest BCUT2D eigenvalue weighted by Gasteiger charge is -2.37. The summed E-state index contributed by atoms with van der Waals surface area (Å²) in [6, 6.07) is 17.4. The smallest absolute Gasteiger partial charge is 0.321 e. The number of hydrogen-bond acceptors (Lipinski definition) is 4. The molecule has 8 heteroatoms. The predicted molar refractivity (Wildman–Crippen MR) is 162 cm³/mol. The van der Waals surface area contributed by atoms with Crippen molar-refractivity contribution in [3.8, 4) is 6.07 Å². The number of halogens is 1. The van der Waals surface area contributed by atoms with E-state index in [9.17, 15) is 4.79 Å². The van der Waals surface area contributed by atoms with Crippen LogP contribution in [0.2, 0.25) is 5.02 Å². The van der Waals surface area contributed by atoms with Crippen LogP contribution >= 0.6 is 11.6 Å². The molecule has 2 aliphatic rings. The fourth-order valence-electron chi connectivity index (χ4n) is 6.10. The van der Waals surface area contributed by atoms with Gasteiger partial charge in [-0.3, -0.25) is 4.98 Å². The van der Waals surface area contributed by atoms with Gasteiger partial charge in [-0.15, -0.1) is 0 Å². The Hall–Kier alpha value is -4.41. The molecule has 1 aliphatic heterocycles. The van der Waals surface area contributed by atoms with E-state index in [4.69, 9.17) is 21.8 Å². The Morgan fingerprint density at radius 2 is 1.88 bits per heavy atom. The first-order valence-electron chi connectivity index (χ1n) is 13.9. The molecule has 2 aromatic heterocycles. The number of hydrogen-bond donors (Lipinski definition) is 1. The molecule has 1 atom stereocenters. The number of carbonyl (C=O) groups excluding carboxylic acids is 1. The predicted octanol–water partition coefficient (Wildman–Crippen LogP) is 7.05. The lowest BCUT2D eigenvalue weighted by Crippen LogP contribution is -2.42. The average Bonchev–Trinajstić information content (AvgIpc) is 3.33. The molecule has 1 fully saturated rings. The zero-order chi connectivity index (χ0) is 28.5. The number of urea groups is 1. The van der Waals surface area contributed by atoms with Crippen LogP contribution in [0.1, 0.15) is 58.1 Å². The standard InChI is InChI=1S/C33H31ClN6O/c1-21-15-25-16-26(20-40-14-11-36-22(40)2)30-17-27(34)5-8-29(30)31(32(25)37-19-21)24-9-12-39(13-10-24)33(41)38-28-6-3-23(18-35)4-7-28/h3-8,11,14-17,19,24,31H,9-10,12-13,20H2,1-2H3,(H,38,41). The number of carbonyl (C=O) groups is 1. The molecule has 4 aromatic rings. The maximum absolute atomic E-state index is 13.1. The fourth-order valence-corrected chi connectivity index (χ4v) is 6.27. The summed E-state index contributed by atoms with van der Waals surface area (Å²) in [6.45, 7) is 6.09. The van der Waals surface area contributed by atoms with Crippen LogP contribution < -0.4 is 5.32 Å². The first kappa shape index (κ1) is 26.8. The second-order valence-corrected chi connectivity index (χ2v) is 11.3. The summed E-state index contributed by atoms with van der Waals surface area (Å²) in [6.07, 6.45) is 9.79. The monoisotopic (exact) mass is 562 g/mol. The first-order valence-corrected chi connectivity index (χ1v) is 14.3. The Labute approximate surface area is 245 Å². The number of allylic oxidation sites excluding steroid dienone is 1. The molecule has 2 aromatic carbocycles. The number of fused-ring (bicyclic) bond motifs is 2. The van der Waals surface area contributed by atoms with Crippen molar-refractivity contribution >= 4 is 35.0 Å². The van der Waals surface area contributed by atoms with Gasteiger partial charge in [-0.05, 0) is 109 Å². The van der Waals surface area contributed by atoms with Crippen molar-refractivity contribution in [3.05, 3.63) is 111 Å². The summed E-state index contributed by atoms with van der Waals surface area (Å²) >= 11 is 6.59. The maximum atomic E-state index is 13.1. The molecule has 0 saturated carbocycles. The second kappa shape index (κ2) is 11.2. The van der Waals surface area contributed by atoms with Gasteiger partial charge >= 0.3 is 6.03 Å². The maximum Gasteiger partial charge on any atom is 0.321 e. The quantitative estimate of drug-likeness (QED) is 0.289. The number of nitriles is 1. The van der Waals surface area contributed by atoms with Gasteiger partial charge in [0.1, 0.15) is 5.82 Å². The highest BCUT2D eigenvalue weighted by Crippen LogP contribution is 2.45. The summed E-state index contributed by atoms with van der Waals surface area (Å²) in [7, 11) is 0. The molecule has 1 unspecified atom stereocenters. The lowest BCUT2D eigenvalue weighted by atomic mass is 9.76. The summed E-state index contributed by atoms with van der Waals surface area (Å²) in [5.74, 6) is 1.36. The van der Waals surface area contributed by atoms with Gasteiger partial charge in [-0.1, -0.05) is 17.7 Å². The van der Waals surface area contributed by atoms with Crippen LogP contribution in [0.25, 0.3) is 11.6 Å². The number of anilines is 1. The Morgan fingerprint density at radius 1 is 1.10 bits per heavy atom. The topological polar surface area (TPSA) is 86.8 Å². The van der Waals surface area contributed by atoms with Crippen LogP contribution in [-0.4, -0.2) is 38.6 Å². The summed E-state index contributed by atoms with van der Waals surface area (Å²) in [5, 5.41) is 12.7. The second-order valence-electron chi connectivity index (χ2n) is 10.9. The Kier molecular flexibility index (Phi) is 7.34. The van der Waals surface area contributed by atoms with Crippen molar-refractivity contribution in [1.82, 2.24) is 19.4 Å². The summed E-state index contributed by atoms with van der Waals surface area (Å²) in [5.41, 5.74) is 8.14. The molecule has 206 valence electrons. The van der Waals surface area contributed by atoms with Crippen molar-refractivity contribution < 1.29 is 4.79 Å².